The van der Waals surface area contributed by atoms with E-state index in [4.69, 9.17) is 4.42 Å². The Morgan fingerprint density at radius 3 is 2.65 bits per heavy atom. The molecule has 1 aliphatic heterocycles. The van der Waals surface area contributed by atoms with E-state index in [0.29, 0.717) is 33.7 Å². The highest BCUT2D eigenvalue weighted by atomic mass is 32.2. The summed E-state index contributed by atoms with van der Waals surface area (Å²) >= 11 is 1.25. The highest BCUT2D eigenvalue weighted by molar-refractivity contribution is 8.18. The van der Waals surface area contributed by atoms with Crippen molar-refractivity contribution in [3.63, 3.8) is 0 Å². The van der Waals surface area contributed by atoms with Crippen LogP contribution in [-0.4, -0.2) is 16.0 Å². The molecule has 31 heavy (non-hydrogen) atoms. The number of carbonyl (C=O) groups excluding carboxylic acids is 1. The molecule has 1 aromatic heterocycles. The molecular formula is C23H19N3O4S. The molecule has 0 unspecified atom stereocenters. The van der Waals surface area contributed by atoms with Crippen molar-refractivity contribution >= 4 is 34.6 Å². The largest absolute Gasteiger partial charge is 0.457 e. The highest BCUT2D eigenvalue weighted by Crippen LogP contribution is 2.30. The number of amidine groups is 1. The molecule has 1 amide bonds. The number of aliphatic imine (C=N–C) groups is 1. The summed E-state index contributed by atoms with van der Waals surface area (Å²) in [6.45, 7) is 4.57. The summed E-state index contributed by atoms with van der Waals surface area (Å²) in [5.74, 6) is 0.731. The molecule has 2 aromatic carbocycles. The predicted molar refractivity (Wildman–Crippen MR) is 122 cm³/mol. The number of non-ortho nitro benzene ring substituents is 1. The van der Waals surface area contributed by atoms with Gasteiger partial charge in [0.25, 0.3) is 11.6 Å². The highest BCUT2D eigenvalue weighted by Gasteiger charge is 2.24. The number of amides is 1. The number of furan rings is 1. The molecule has 3 aromatic rings. The summed E-state index contributed by atoms with van der Waals surface area (Å²) in [5.41, 5.74) is 4.03. The van der Waals surface area contributed by atoms with Gasteiger partial charge in [-0.05, 0) is 43.3 Å². The average molecular weight is 433 g/mol. The van der Waals surface area contributed by atoms with E-state index in [0.717, 1.165) is 5.56 Å². The van der Waals surface area contributed by atoms with Crippen LogP contribution in [0.25, 0.3) is 17.4 Å². The maximum absolute atomic E-state index is 12.3. The van der Waals surface area contributed by atoms with Crippen molar-refractivity contribution in [1.82, 2.24) is 5.32 Å². The maximum atomic E-state index is 12.3. The molecule has 1 aliphatic rings. The lowest BCUT2D eigenvalue weighted by Crippen LogP contribution is -2.19. The molecule has 7 nitrogen and oxygen atoms in total. The molecule has 0 bridgehead atoms. The molecule has 0 atom stereocenters. The minimum absolute atomic E-state index is 0.0100. The van der Waals surface area contributed by atoms with Gasteiger partial charge in [-0.2, -0.15) is 0 Å². The molecule has 1 fully saturated rings. The Hall–Kier alpha value is -3.65. The van der Waals surface area contributed by atoms with Crippen LogP contribution in [0.5, 0.6) is 0 Å². The molecular weight excluding hydrogens is 414 g/mol. The van der Waals surface area contributed by atoms with Gasteiger partial charge < -0.3 is 9.73 Å². The predicted octanol–water partition coefficient (Wildman–Crippen LogP) is 5.23. The topological polar surface area (TPSA) is 97.7 Å². The van der Waals surface area contributed by atoms with Crippen molar-refractivity contribution in [2.45, 2.75) is 20.4 Å². The van der Waals surface area contributed by atoms with E-state index < -0.39 is 4.92 Å². The van der Waals surface area contributed by atoms with Crippen LogP contribution in [0.4, 0.5) is 5.69 Å². The molecule has 0 radical (unpaired) electrons. The number of hydrogen-bond acceptors (Lipinski definition) is 6. The van der Waals surface area contributed by atoms with Crippen molar-refractivity contribution in [3.8, 4) is 11.3 Å². The number of rotatable bonds is 5. The first-order valence-corrected chi connectivity index (χ1v) is 10.4. The first-order chi connectivity index (χ1) is 14.9. The van der Waals surface area contributed by atoms with Gasteiger partial charge in [-0.15, -0.1) is 0 Å². The molecule has 0 spiro atoms. The fourth-order valence-corrected chi connectivity index (χ4v) is 4.11. The van der Waals surface area contributed by atoms with Gasteiger partial charge >= 0.3 is 0 Å². The number of nitrogens with zero attached hydrogens (tertiary/aromatic N) is 2. The smallest absolute Gasteiger partial charge is 0.270 e. The molecule has 156 valence electrons. The Morgan fingerprint density at radius 1 is 1.13 bits per heavy atom. The van der Waals surface area contributed by atoms with Crippen molar-refractivity contribution in [3.05, 3.63) is 92.1 Å². The molecule has 4 rings (SSSR count). The summed E-state index contributed by atoms with van der Waals surface area (Å²) in [5, 5.41) is 14.3. The first kappa shape index (κ1) is 20.6. The molecule has 1 N–H and O–H groups in total. The number of benzene rings is 2. The van der Waals surface area contributed by atoms with E-state index in [-0.39, 0.29) is 11.6 Å². The van der Waals surface area contributed by atoms with Crippen LogP contribution in [0.2, 0.25) is 0 Å². The van der Waals surface area contributed by atoms with E-state index >= 15 is 0 Å². The van der Waals surface area contributed by atoms with E-state index in [1.807, 2.05) is 13.8 Å². The Labute approximate surface area is 183 Å². The number of thioether (sulfide) groups is 1. The van der Waals surface area contributed by atoms with Crippen LogP contribution in [-0.2, 0) is 11.3 Å². The van der Waals surface area contributed by atoms with Crippen LogP contribution < -0.4 is 5.32 Å². The van der Waals surface area contributed by atoms with Crippen LogP contribution in [0.3, 0.4) is 0 Å². The second kappa shape index (κ2) is 8.61. The SMILES string of the molecule is Cc1cc(C)cc(CN=C2NC(=O)/C(=C/c3ccc(-c4cccc([N+](=O)[O-])c4)o3)S2)c1. The second-order valence-electron chi connectivity index (χ2n) is 7.19. The fourth-order valence-electron chi connectivity index (χ4n) is 3.31. The van der Waals surface area contributed by atoms with Crippen molar-refractivity contribution in [2.24, 2.45) is 4.99 Å². The number of aryl methyl sites for hydroxylation is 2. The summed E-state index contributed by atoms with van der Waals surface area (Å²) in [7, 11) is 0. The Bertz CT molecular complexity index is 1220. The monoisotopic (exact) mass is 433 g/mol. The number of nitrogens with one attached hydrogen (secondary N) is 1. The molecule has 1 saturated heterocycles. The average Bonchev–Trinajstić information content (AvgIpc) is 3.33. The third-order valence-electron chi connectivity index (χ3n) is 4.58. The number of nitro benzene ring substituents is 1. The van der Waals surface area contributed by atoms with Gasteiger partial charge in [0.2, 0.25) is 0 Å². The summed E-state index contributed by atoms with van der Waals surface area (Å²) in [6.07, 6.45) is 1.64. The third kappa shape index (κ3) is 4.92. The summed E-state index contributed by atoms with van der Waals surface area (Å²) in [6, 6.07) is 15.9. The Balaban J connectivity index is 1.49. The van der Waals surface area contributed by atoms with Gasteiger partial charge in [0.1, 0.15) is 11.5 Å². The normalized spacial score (nSPS) is 16.1. The Kier molecular flexibility index (Phi) is 5.73. The van der Waals surface area contributed by atoms with Crippen LogP contribution in [0.15, 0.2) is 68.9 Å². The zero-order valence-electron chi connectivity index (χ0n) is 16.9. The van der Waals surface area contributed by atoms with E-state index in [1.54, 1.807) is 30.3 Å². The molecule has 8 heteroatoms. The van der Waals surface area contributed by atoms with Gasteiger partial charge in [0.15, 0.2) is 5.17 Å². The molecule has 0 saturated carbocycles. The van der Waals surface area contributed by atoms with Gasteiger partial charge in [-0.3, -0.25) is 19.9 Å². The lowest BCUT2D eigenvalue weighted by molar-refractivity contribution is -0.384. The fraction of sp³-hybridized carbons (Fsp3) is 0.130. The molecule has 0 aliphatic carbocycles. The van der Waals surface area contributed by atoms with Crippen LogP contribution in [0, 0.1) is 24.0 Å². The van der Waals surface area contributed by atoms with Crippen LogP contribution >= 0.6 is 11.8 Å². The number of hydrogen-bond donors (Lipinski definition) is 1. The summed E-state index contributed by atoms with van der Waals surface area (Å²) < 4.78 is 5.77. The first-order valence-electron chi connectivity index (χ1n) is 9.54. The van der Waals surface area contributed by atoms with Gasteiger partial charge in [-0.25, -0.2) is 0 Å². The molecule has 2 heterocycles. The van der Waals surface area contributed by atoms with Crippen LogP contribution in [0.1, 0.15) is 22.5 Å². The van der Waals surface area contributed by atoms with E-state index in [1.165, 1.54) is 35.0 Å². The maximum Gasteiger partial charge on any atom is 0.270 e. The van der Waals surface area contributed by atoms with Crippen molar-refractivity contribution in [2.75, 3.05) is 0 Å². The zero-order chi connectivity index (χ0) is 22.0. The Morgan fingerprint density at radius 2 is 1.90 bits per heavy atom. The van der Waals surface area contributed by atoms with Crippen molar-refractivity contribution in [1.29, 1.82) is 0 Å². The minimum atomic E-state index is -0.451. The minimum Gasteiger partial charge on any atom is -0.457 e. The number of carbonyl (C=O) groups is 1. The van der Waals surface area contributed by atoms with Crippen molar-refractivity contribution < 1.29 is 14.1 Å². The van der Waals surface area contributed by atoms with E-state index in [2.05, 4.69) is 28.5 Å². The second-order valence-corrected chi connectivity index (χ2v) is 8.22. The standard InChI is InChI=1S/C23H19N3O4S/c1-14-8-15(2)10-16(9-14)13-24-23-25-22(27)21(31-23)12-19-6-7-20(30-19)17-4-3-5-18(11-17)26(28)29/h3-12H,13H2,1-2H3,(H,24,25,27)/b21-12-. The lowest BCUT2D eigenvalue weighted by atomic mass is 10.1. The third-order valence-corrected chi connectivity index (χ3v) is 5.53. The van der Waals surface area contributed by atoms with Gasteiger partial charge in [-0.1, -0.05) is 41.5 Å². The van der Waals surface area contributed by atoms with E-state index in [9.17, 15) is 14.9 Å². The van der Waals surface area contributed by atoms with Gasteiger partial charge in [0.05, 0.1) is 16.4 Å². The zero-order valence-corrected chi connectivity index (χ0v) is 17.7. The quantitative estimate of drug-likeness (QED) is 0.337. The lowest BCUT2D eigenvalue weighted by Gasteiger charge is -2.02. The number of nitro groups is 1. The summed E-state index contributed by atoms with van der Waals surface area (Å²) in [4.78, 5) is 27.8. The van der Waals surface area contributed by atoms with Gasteiger partial charge in [0, 0.05) is 23.8 Å².